The van der Waals surface area contributed by atoms with E-state index in [4.69, 9.17) is 10.5 Å². The Morgan fingerprint density at radius 3 is 2.85 bits per heavy atom. The van der Waals surface area contributed by atoms with Crippen molar-refractivity contribution < 1.29 is 18.6 Å². The molecule has 1 saturated carbocycles. The lowest BCUT2D eigenvalue weighted by Crippen LogP contribution is -2.26. The van der Waals surface area contributed by atoms with Gasteiger partial charge < -0.3 is 15.6 Å². The predicted octanol–water partition coefficient (Wildman–Crippen LogP) is 2.72. The maximum absolute atomic E-state index is 13.2. The normalized spacial score (nSPS) is 25.2. The van der Waals surface area contributed by atoms with E-state index in [1.807, 2.05) is 6.92 Å². The van der Waals surface area contributed by atoms with Crippen molar-refractivity contribution >= 4 is 26.7 Å². The first kappa shape index (κ1) is 13.5. The molecule has 0 unspecified atom stereocenters. The van der Waals surface area contributed by atoms with Gasteiger partial charge in [0.05, 0.1) is 22.7 Å². The van der Waals surface area contributed by atoms with Crippen LogP contribution in [0.4, 0.5) is 13.9 Å². The fourth-order valence-electron chi connectivity index (χ4n) is 2.44. The van der Waals surface area contributed by atoms with E-state index in [1.165, 1.54) is 11.3 Å². The summed E-state index contributed by atoms with van der Waals surface area (Å²) in [6.07, 6.45) is -3.04. The van der Waals surface area contributed by atoms with Crippen LogP contribution < -0.4 is 10.5 Å². The van der Waals surface area contributed by atoms with Gasteiger partial charge in [-0.1, -0.05) is 11.3 Å². The molecule has 0 saturated heterocycles. The number of hydrogen-bond donors (Lipinski definition) is 2. The number of aliphatic hydroxyl groups is 1. The molecule has 1 aliphatic rings. The van der Waals surface area contributed by atoms with Gasteiger partial charge in [0.1, 0.15) is 11.9 Å². The predicted molar refractivity (Wildman–Crippen MR) is 73.4 cm³/mol. The van der Waals surface area contributed by atoms with Crippen molar-refractivity contribution in [3.63, 3.8) is 0 Å². The SMILES string of the molecule is Cc1cc2nc(N)sc2cc1O[C@@H]1CC(F)(F)C[C@@H]1O. The molecule has 1 aliphatic carbocycles. The van der Waals surface area contributed by atoms with E-state index in [2.05, 4.69) is 4.98 Å². The van der Waals surface area contributed by atoms with Crippen molar-refractivity contribution in [2.45, 2.75) is 37.9 Å². The zero-order valence-electron chi connectivity index (χ0n) is 10.8. The van der Waals surface area contributed by atoms with E-state index < -0.39 is 31.0 Å². The van der Waals surface area contributed by atoms with Crippen LogP contribution in [0.2, 0.25) is 0 Å². The van der Waals surface area contributed by atoms with Gasteiger partial charge in [-0.3, -0.25) is 0 Å². The van der Waals surface area contributed by atoms with E-state index in [0.717, 1.165) is 15.8 Å². The molecule has 3 N–H and O–H groups in total. The summed E-state index contributed by atoms with van der Waals surface area (Å²) in [6, 6.07) is 3.54. The van der Waals surface area contributed by atoms with Crippen LogP contribution in [-0.2, 0) is 0 Å². The maximum Gasteiger partial charge on any atom is 0.254 e. The highest BCUT2D eigenvalue weighted by atomic mass is 32.1. The van der Waals surface area contributed by atoms with Gasteiger partial charge in [-0.25, -0.2) is 13.8 Å². The molecule has 2 atom stereocenters. The summed E-state index contributed by atoms with van der Waals surface area (Å²) in [5, 5.41) is 10.1. The van der Waals surface area contributed by atoms with Gasteiger partial charge in [0, 0.05) is 6.42 Å². The molecule has 1 heterocycles. The van der Waals surface area contributed by atoms with Crippen LogP contribution in [0.5, 0.6) is 5.75 Å². The van der Waals surface area contributed by atoms with E-state index >= 15 is 0 Å². The van der Waals surface area contributed by atoms with E-state index in [-0.39, 0.29) is 0 Å². The molecule has 1 aromatic carbocycles. The number of thiazole rings is 1. The monoisotopic (exact) mass is 300 g/mol. The van der Waals surface area contributed by atoms with Crippen molar-refractivity contribution in [1.82, 2.24) is 4.98 Å². The number of rotatable bonds is 2. The smallest absolute Gasteiger partial charge is 0.254 e. The number of fused-ring (bicyclic) bond motifs is 1. The average molecular weight is 300 g/mol. The minimum atomic E-state index is -2.86. The van der Waals surface area contributed by atoms with Gasteiger partial charge in [0.25, 0.3) is 5.92 Å². The molecule has 7 heteroatoms. The molecule has 1 aromatic heterocycles. The number of ether oxygens (including phenoxy) is 1. The fourth-order valence-corrected chi connectivity index (χ4v) is 3.18. The van der Waals surface area contributed by atoms with Gasteiger partial charge >= 0.3 is 0 Å². The summed E-state index contributed by atoms with van der Waals surface area (Å²) in [5.41, 5.74) is 7.18. The second-order valence-electron chi connectivity index (χ2n) is 5.13. The number of benzene rings is 1. The molecule has 3 rings (SSSR count). The number of anilines is 1. The van der Waals surface area contributed by atoms with Crippen molar-refractivity contribution in [3.05, 3.63) is 17.7 Å². The van der Waals surface area contributed by atoms with Crippen molar-refractivity contribution in [2.75, 3.05) is 5.73 Å². The quantitative estimate of drug-likeness (QED) is 0.895. The van der Waals surface area contributed by atoms with Gasteiger partial charge in [-0.2, -0.15) is 0 Å². The van der Waals surface area contributed by atoms with Gasteiger partial charge in [0.2, 0.25) is 0 Å². The Kier molecular flexibility index (Phi) is 3.06. The Labute approximate surface area is 118 Å². The number of halogens is 2. The Hall–Kier alpha value is -1.47. The molecule has 0 spiro atoms. The van der Waals surface area contributed by atoms with Gasteiger partial charge in [-0.15, -0.1) is 0 Å². The summed E-state index contributed by atoms with van der Waals surface area (Å²) in [7, 11) is 0. The molecule has 0 amide bonds. The fraction of sp³-hybridized carbons (Fsp3) is 0.462. The molecule has 1 fully saturated rings. The third kappa shape index (κ3) is 2.43. The minimum Gasteiger partial charge on any atom is -0.487 e. The summed E-state index contributed by atoms with van der Waals surface area (Å²) in [5.74, 6) is -2.38. The van der Waals surface area contributed by atoms with Crippen LogP contribution >= 0.6 is 11.3 Å². The molecular weight excluding hydrogens is 286 g/mol. The van der Waals surface area contributed by atoms with Crippen LogP contribution in [0, 0.1) is 6.92 Å². The van der Waals surface area contributed by atoms with Gasteiger partial charge in [-0.05, 0) is 24.6 Å². The Morgan fingerprint density at radius 2 is 2.20 bits per heavy atom. The first-order chi connectivity index (χ1) is 9.34. The third-order valence-electron chi connectivity index (χ3n) is 3.42. The number of nitrogens with two attached hydrogens (primary N) is 1. The second-order valence-corrected chi connectivity index (χ2v) is 6.19. The van der Waals surface area contributed by atoms with Crippen LogP contribution in [0.3, 0.4) is 0 Å². The zero-order valence-corrected chi connectivity index (χ0v) is 11.6. The highest BCUT2D eigenvalue weighted by Gasteiger charge is 2.47. The summed E-state index contributed by atoms with van der Waals surface area (Å²) in [4.78, 5) is 4.16. The standard InChI is InChI=1S/C13H14F2N2O2S/c1-6-2-7-11(20-12(16)17-7)3-9(6)19-10-5-13(14,15)4-8(10)18/h2-3,8,10,18H,4-5H2,1H3,(H2,16,17)/t8-,10+/m0/s1. The molecule has 0 radical (unpaired) electrons. The lowest BCUT2D eigenvalue weighted by atomic mass is 10.2. The topological polar surface area (TPSA) is 68.4 Å². The Balaban J connectivity index is 1.89. The third-order valence-corrected chi connectivity index (χ3v) is 4.26. The van der Waals surface area contributed by atoms with Crippen molar-refractivity contribution in [1.29, 1.82) is 0 Å². The first-order valence-corrected chi connectivity index (χ1v) is 7.05. The summed E-state index contributed by atoms with van der Waals surface area (Å²) >= 11 is 1.31. The Bertz CT molecular complexity index is 659. The second kappa shape index (κ2) is 4.53. The molecule has 2 aromatic rings. The van der Waals surface area contributed by atoms with Crippen molar-refractivity contribution in [3.8, 4) is 5.75 Å². The van der Waals surface area contributed by atoms with Crippen LogP contribution in [0.1, 0.15) is 18.4 Å². The van der Waals surface area contributed by atoms with Crippen LogP contribution in [0.15, 0.2) is 12.1 Å². The minimum absolute atomic E-state index is 0.448. The summed E-state index contributed by atoms with van der Waals surface area (Å²) < 4.78 is 32.9. The van der Waals surface area contributed by atoms with Crippen LogP contribution in [0.25, 0.3) is 10.2 Å². The molecule has 4 nitrogen and oxygen atoms in total. The molecule has 108 valence electrons. The number of aliphatic hydroxyl groups excluding tert-OH is 1. The number of aryl methyl sites for hydroxylation is 1. The number of aromatic nitrogens is 1. The highest BCUT2D eigenvalue weighted by molar-refractivity contribution is 7.22. The first-order valence-electron chi connectivity index (χ1n) is 6.23. The lowest BCUT2D eigenvalue weighted by molar-refractivity contribution is -0.00484. The Morgan fingerprint density at radius 1 is 1.45 bits per heavy atom. The number of hydrogen-bond acceptors (Lipinski definition) is 5. The molecule has 0 aliphatic heterocycles. The van der Waals surface area contributed by atoms with E-state index in [1.54, 1.807) is 12.1 Å². The van der Waals surface area contributed by atoms with Gasteiger partial charge in [0.15, 0.2) is 5.13 Å². The van der Waals surface area contributed by atoms with Crippen LogP contribution in [-0.4, -0.2) is 28.2 Å². The largest absolute Gasteiger partial charge is 0.487 e. The zero-order chi connectivity index (χ0) is 14.5. The molecule has 0 bridgehead atoms. The van der Waals surface area contributed by atoms with E-state index in [9.17, 15) is 13.9 Å². The number of alkyl halides is 2. The van der Waals surface area contributed by atoms with E-state index in [0.29, 0.717) is 10.9 Å². The molecule has 20 heavy (non-hydrogen) atoms. The lowest BCUT2D eigenvalue weighted by Gasteiger charge is -2.18. The summed E-state index contributed by atoms with van der Waals surface area (Å²) in [6.45, 7) is 1.81. The number of nitrogens with zero attached hydrogens (tertiary/aromatic N) is 1. The number of nitrogen functional groups attached to an aromatic ring is 1. The molecular formula is C13H14F2N2O2S. The highest BCUT2D eigenvalue weighted by Crippen LogP contribution is 2.39. The van der Waals surface area contributed by atoms with Crippen molar-refractivity contribution in [2.24, 2.45) is 0 Å². The average Bonchev–Trinajstić information content (AvgIpc) is 2.78. The maximum atomic E-state index is 13.2.